The quantitative estimate of drug-likeness (QED) is 0.611. The Kier molecular flexibility index (Phi) is 2.85. The minimum atomic E-state index is -2.72. The predicted molar refractivity (Wildman–Crippen MR) is 77.7 cm³/mol. The van der Waals surface area contributed by atoms with E-state index in [1.54, 1.807) is 12.1 Å². The lowest BCUT2D eigenvalue weighted by atomic mass is 10.1. The molecule has 1 aromatic carbocycles. The van der Waals surface area contributed by atoms with Crippen molar-refractivity contribution in [2.45, 2.75) is 12.1 Å². The molecule has 0 aromatic heterocycles. The molecule has 0 bridgehead atoms. The molecule has 7 heteroatoms. The predicted octanol–water partition coefficient (Wildman–Crippen LogP) is 1.76. The van der Waals surface area contributed by atoms with Crippen molar-refractivity contribution in [1.82, 2.24) is 5.32 Å². The van der Waals surface area contributed by atoms with Gasteiger partial charge in [0.05, 0.1) is 0 Å². The summed E-state index contributed by atoms with van der Waals surface area (Å²) in [5.41, 5.74) is 0.904. The van der Waals surface area contributed by atoms with Crippen LogP contribution in [-0.2, 0) is 14.4 Å². The zero-order valence-electron chi connectivity index (χ0n) is 9.38. The lowest BCUT2D eigenvalue weighted by molar-refractivity contribution is 0.502. The van der Waals surface area contributed by atoms with Crippen molar-refractivity contribution in [3.8, 4) is 0 Å². The number of anilines is 1. The number of fused-ring (bicyclic) bond motifs is 1. The summed E-state index contributed by atoms with van der Waals surface area (Å²) < 4.78 is 21.5. The topological polar surface area (TPSA) is 52.6 Å². The number of nitrogens with one attached hydrogen (secondary N) is 1. The van der Waals surface area contributed by atoms with Gasteiger partial charge in [-0.1, -0.05) is 15.8 Å². The Morgan fingerprint density at radius 3 is 2.72 bits per heavy atom. The van der Waals surface area contributed by atoms with Crippen LogP contribution in [0.4, 0.5) is 5.69 Å². The Bertz CT molecular complexity index is 548. The molecule has 3 atom stereocenters. The van der Waals surface area contributed by atoms with Gasteiger partial charge in [-0.05, 0) is 36.5 Å². The van der Waals surface area contributed by atoms with Crippen LogP contribution >= 0.6 is 23.8 Å². The number of thiocarbonyl (C=S) groups is 1. The fourth-order valence-electron chi connectivity index (χ4n) is 2.52. The minimum absolute atomic E-state index is 0.0364. The van der Waals surface area contributed by atoms with E-state index in [9.17, 15) is 8.76 Å². The highest BCUT2D eigenvalue weighted by atomic mass is 35.5. The average molecular weight is 304 g/mol. The van der Waals surface area contributed by atoms with Gasteiger partial charge in [0, 0.05) is 10.7 Å². The van der Waals surface area contributed by atoms with Crippen molar-refractivity contribution in [2.75, 3.05) is 16.4 Å². The molecule has 1 aromatic rings. The van der Waals surface area contributed by atoms with Gasteiger partial charge in [-0.25, -0.2) is 0 Å². The first-order valence-corrected chi connectivity index (χ1v) is 8.17. The second-order valence-corrected chi connectivity index (χ2v) is 7.61. The molecule has 3 rings (SSSR count). The maximum Gasteiger partial charge on any atom is 0.218 e. The second kappa shape index (κ2) is 4.16. The van der Waals surface area contributed by atoms with E-state index in [4.69, 9.17) is 23.8 Å². The van der Waals surface area contributed by atoms with E-state index in [2.05, 4.69) is 5.32 Å². The number of halogens is 1. The van der Waals surface area contributed by atoms with Gasteiger partial charge in [0.1, 0.15) is 12.1 Å². The van der Waals surface area contributed by atoms with Gasteiger partial charge in [-0.15, -0.1) is 0 Å². The van der Waals surface area contributed by atoms with Crippen LogP contribution in [0.5, 0.6) is 0 Å². The van der Waals surface area contributed by atoms with E-state index in [0.29, 0.717) is 10.1 Å². The second-order valence-electron chi connectivity index (χ2n) is 4.58. The van der Waals surface area contributed by atoms with Crippen LogP contribution in [0.15, 0.2) is 24.3 Å². The van der Waals surface area contributed by atoms with Gasteiger partial charge >= 0.3 is 0 Å². The summed E-state index contributed by atoms with van der Waals surface area (Å²) in [6.45, 7) is 0. The van der Waals surface area contributed by atoms with Gasteiger partial charge in [-0.3, -0.25) is 0 Å². The Morgan fingerprint density at radius 2 is 2.06 bits per heavy atom. The number of hydrogen-bond acceptors (Lipinski definition) is 2. The summed E-state index contributed by atoms with van der Waals surface area (Å²) in [7, 11) is -2.72. The van der Waals surface area contributed by atoms with Crippen molar-refractivity contribution >= 4 is 44.8 Å². The highest BCUT2D eigenvalue weighted by Crippen LogP contribution is 2.31. The first-order valence-electron chi connectivity index (χ1n) is 5.53. The van der Waals surface area contributed by atoms with E-state index in [1.807, 2.05) is 17.0 Å². The summed E-state index contributed by atoms with van der Waals surface area (Å²) in [5, 5.41) is 4.39. The first kappa shape index (κ1) is 12.3. The van der Waals surface area contributed by atoms with Gasteiger partial charge < -0.3 is 10.2 Å². The zero-order valence-corrected chi connectivity index (χ0v) is 11.8. The molecule has 2 aliphatic heterocycles. The van der Waals surface area contributed by atoms with Crippen molar-refractivity contribution in [3.63, 3.8) is 0 Å². The largest absolute Gasteiger partial charge is 0.352 e. The van der Waals surface area contributed by atoms with Crippen LogP contribution in [0.3, 0.4) is 0 Å². The van der Waals surface area contributed by atoms with E-state index in [0.717, 1.165) is 5.69 Å². The van der Waals surface area contributed by atoms with Crippen molar-refractivity contribution in [1.29, 1.82) is 0 Å². The normalized spacial score (nSPS) is 34.6. The minimum Gasteiger partial charge on any atom is -0.352 e. The molecule has 96 valence electrons. The molecular weight excluding hydrogens is 292 g/mol. The van der Waals surface area contributed by atoms with Gasteiger partial charge in [0.25, 0.3) is 0 Å². The molecular formula is C11H12ClN2O2S2+. The maximum atomic E-state index is 11.8. The lowest BCUT2D eigenvalue weighted by Crippen LogP contribution is -2.37. The highest BCUT2D eigenvalue weighted by molar-refractivity contribution is 7.98. The molecule has 2 N–H and O–H groups in total. The van der Waals surface area contributed by atoms with Crippen molar-refractivity contribution in [3.05, 3.63) is 29.3 Å². The van der Waals surface area contributed by atoms with Crippen LogP contribution in [-0.4, -0.2) is 33.3 Å². The SMILES string of the molecule is O=[S+]1(O)C[C@H]2NC(=S)N(c3ccc(Cl)cc3)[C@H]2C1. The molecule has 0 saturated carbocycles. The number of hydrogen-bond donors (Lipinski definition) is 2. The Balaban J connectivity index is 1.94. The molecule has 0 amide bonds. The van der Waals surface area contributed by atoms with Crippen LogP contribution < -0.4 is 10.2 Å². The fraction of sp³-hybridized carbons (Fsp3) is 0.364. The summed E-state index contributed by atoms with van der Waals surface area (Å²) in [4.78, 5) is 1.92. The average Bonchev–Trinajstić information content (AvgIpc) is 2.70. The van der Waals surface area contributed by atoms with E-state index >= 15 is 0 Å². The molecule has 2 fully saturated rings. The molecule has 2 saturated heterocycles. The summed E-state index contributed by atoms with van der Waals surface area (Å²) in [6, 6.07) is 7.24. The fourth-order valence-corrected chi connectivity index (χ4v) is 4.96. The first-order chi connectivity index (χ1) is 8.46. The van der Waals surface area contributed by atoms with Crippen LogP contribution in [0.2, 0.25) is 5.02 Å². The molecule has 4 nitrogen and oxygen atoms in total. The zero-order chi connectivity index (χ0) is 12.9. The molecule has 2 heterocycles. The van der Waals surface area contributed by atoms with Crippen molar-refractivity contribution in [2.24, 2.45) is 0 Å². The Morgan fingerprint density at radius 1 is 1.39 bits per heavy atom. The van der Waals surface area contributed by atoms with E-state index in [1.165, 1.54) is 0 Å². The standard InChI is InChI=1S/C11H11ClN2O2S2/c12-7-1-3-8(4-2-7)14-10-6-18(15,16)5-9(10)13-11(14)17/h1-4,9-10H,5-6H2,(H-,13,15,16,17)/p+1/t9-,10+/m1/s1. The molecule has 0 spiro atoms. The van der Waals surface area contributed by atoms with Gasteiger partial charge in [0.2, 0.25) is 10.2 Å². The van der Waals surface area contributed by atoms with E-state index in [-0.39, 0.29) is 23.6 Å². The third-order valence-corrected chi connectivity index (χ3v) is 5.61. The number of benzene rings is 1. The van der Waals surface area contributed by atoms with Crippen molar-refractivity contribution < 1.29 is 8.76 Å². The van der Waals surface area contributed by atoms with Crippen LogP contribution in [0.25, 0.3) is 0 Å². The summed E-state index contributed by atoms with van der Waals surface area (Å²) >= 11 is 11.2. The number of nitrogens with zero attached hydrogens (tertiary/aromatic N) is 1. The number of rotatable bonds is 1. The third-order valence-electron chi connectivity index (χ3n) is 3.30. The maximum absolute atomic E-state index is 11.8. The molecule has 0 aliphatic carbocycles. The van der Waals surface area contributed by atoms with Crippen LogP contribution in [0.1, 0.15) is 0 Å². The molecule has 1 unspecified atom stereocenters. The lowest BCUT2D eigenvalue weighted by Gasteiger charge is -2.22. The molecule has 2 aliphatic rings. The van der Waals surface area contributed by atoms with Crippen LogP contribution in [0, 0.1) is 0 Å². The molecule has 0 radical (unpaired) electrons. The monoisotopic (exact) mass is 303 g/mol. The Hall–Kier alpha value is -0.690. The summed E-state index contributed by atoms with van der Waals surface area (Å²) in [5.74, 6) is 0.523. The molecule has 18 heavy (non-hydrogen) atoms. The van der Waals surface area contributed by atoms with E-state index < -0.39 is 10.2 Å². The highest BCUT2D eigenvalue weighted by Gasteiger charge is 2.54. The Labute approximate surface area is 117 Å². The summed E-state index contributed by atoms with van der Waals surface area (Å²) in [6.07, 6.45) is 0. The van der Waals surface area contributed by atoms with Gasteiger partial charge in [-0.2, -0.15) is 4.55 Å². The van der Waals surface area contributed by atoms with Gasteiger partial charge in [0.15, 0.2) is 16.6 Å². The smallest absolute Gasteiger partial charge is 0.218 e. The third kappa shape index (κ3) is 2.03.